The largest absolute Gasteiger partial charge is 0.493 e. The minimum Gasteiger partial charge on any atom is -0.493 e. The first-order valence-electron chi connectivity index (χ1n) is 14.9. The number of hydrogen-bond donors (Lipinski definition) is 0. The Morgan fingerprint density at radius 1 is 0.900 bits per heavy atom. The maximum Gasteiger partial charge on any atom is 0.166 e. The summed E-state index contributed by atoms with van der Waals surface area (Å²) in [5.74, 6) is 2.64. The average Bonchev–Trinajstić information content (AvgIpc) is 3.36. The van der Waals surface area contributed by atoms with Crippen LogP contribution in [-0.4, -0.2) is 55.6 Å². The molecule has 1 saturated heterocycles. The number of methoxy groups -OCH3 is 1. The maximum atomic E-state index is 13.3. The third-order valence-corrected chi connectivity index (χ3v) is 9.27. The molecule has 2 aromatic carbocycles. The lowest BCUT2D eigenvalue weighted by Gasteiger charge is -2.20. The van der Waals surface area contributed by atoms with Crippen molar-refractivity contribution in [2.24, 2.45) is 23.7 Å². The second kappa shape index (κ2) is 11.7. The van der Waals surface area contributed by atoms with E-state index >= 15 is 0 Å². The number of fused-ring (bicyclic) bond motifs is 2. The molecule has 3 fully saturated rings. The Bertz CT molecular complexity index is 1280. The molecule has 7 heteroatoms. The molecule has 4 atom stereocenters. The van der Waals surface area contributed by atoms with Crippen molar-refractivity contribution in [2.45, 2.75) is 58.0 Å². The van der Waals surface area contributed by atoms with Gasteiger partial charge < -0.3 is 14.2 Å². The topological polar surface area (TPSA) is 82.1 Å². The van der Waals surface area contributed by atoms with Crippen LogP contribution in [0.1, 0.15) is 66.4 Å². The van der Waals surface area contributed by atoms with Crippen molar-refractivity contribution in [3.63, 3.8) is 0 Å². The molecule has 212 valence electrons. The van der Waals surface area contributed by atoms with Crippen molar-refractivity contribution in [3.05, 3.63) is 53.1 Å². The third-order valence-electron chi connectivity index (χ3n) is 9.27. The maximum absolute atomic E-state index is 13.3. The summed E-state index contributed by atoms with van der Waals surface area (Å²) in [6, 6.07) is 11.5. The van der Waals surface area contributed by atoms with Crippen LogP contribution in [0.25, 0.3) is 0 Å². The van der Waals surface area contributed by atoms with E-state index in [-0.39, 0.29) is 35.2 Å². The highest BCUT2D eigenvalue weighted by Crippen LogP contribution is 2.46. The van der Waals surface area contributed by atoms with Crippen molar-refractivity contribution >= 4 is 17.3 Å². The fourth-order valence-corrected chi connectivity index (χ4v) is 6.81. The summed E-state index contributed by atoms with van der Waals surface area (Å²) in [5, 5.41) is 0. The summed E-state index contributed by atoms with van der Waals surface area (Å²) >= 11 is 0. The summed E-state index contributed by atoms with van der Waals surface area (Å²) in [4.78, 5) is 41.0. The molecule has 0 bridgehead atoms. The van der Waals surface area contributed by atoms with Gasteiger partial charge in [-0.3, -0.25) is 19.3 Å². The number of nitrogens with zero attached hydrogens (tertiary/aromatic N) is 1. The molecule has 3 aliphatic carbocycles. The number of ketones is 3. The Kier molecular flexibility index (Phi) is 7.92. The predicted octanol–water partition coefficient (Wildman–Crippen LogP) is 5.07. The molecule has 0 N–H and O–H groups in total. The Labute approximate surface area is 236 Å². The number of hydrogen-bond acceptors (Lipinski definition) is 7. The molecule has 6 rings (SSSR count). The normalized spacial score (nSPS) is 26.2. The fraction of sp³-hybridized carbons (Fsp3) is 0.545. The number of rotatable bonds is 10. The van der Waals surface area contributed by atoms with Crippen LogP contribution in [0.3, 0.4) is 0 Å². The van der Waals surface area contributed by atoms with Crippen LogP contribution >= 0.6 is 0 Å². The molecule has 4 unspecified atom stereocenters. The van der Waals surface area contributed by atoms with Crippen molar-refractivity contribution in [3.8, 4) is 17.2 Å². The first-order chi connectivity index (χ1) is 19.5. The number of ether oxygens (including phenoxy) is 3. The lowest BCUT2D eigenvalue weighted by Crippen LogP contribution is -2.25. The van der Waals surface area contributed by atoms with Crippen LogP contribution in [0, 0.1) is 23.7 Å². The van der Waals surface area contributed by atoms with Crippen LogP contribution in [0.5, 0.6) is 17.2 Å². The highest BCUT2D eigenvalue weighted by molar-refractivity contribution is 6.03. The van der Waals surface area contributed by atoms with E-state index in [1.165, 1.54) is 12.8 Å². The highest BCUT2D eigenvalue weighted by atomic mass is 16.5. The number of carbonyl (C=O) groups is 3. The molecule has 0 amide bonds. The van der Waals surface area contributed by atoms with Gasteiger partial charge in [-0.05, 0) is 81.3 Å². The molecule has 0 aromatic heterocycles. The summed E-state index contributed by atoms with van der Waals surface area (Å²) in [5.41, 5.74) is 2.56. The van der Waals surface area contributed by atoms with Crippen molar-refractivity contribution in [1.29, 1.82) is 0 Å². The van der Waals surface area contributed by atoms with E-state index in [0.29, 0.717) is 68.2 Å². The minimum absolute atomic E-state index is 0.0861. The summed E-state index contributed by atoms with van der Waals surface area (Å²) in [6.07, 6.45) is 6.02. The number of likely N-dealkylation sites (tertiary alicyclic amines) is 1. The van der Waals surface area contributed by atoms with Gasteiger partial charge in [-0.2, -0.15) is 0 Å². The highest BCUT2D eigenvalue weighted by Gasteiger charge is 2.46. The van der Waals surface area contributed by atoms with E-state index in [1.54, 1.807) is 7.11 Å². The minimum atomic E-state index is -0.240. The quantitative estimate of drug-likeness (QED) is 0.412. The first kappa shape index (κ1) is 27.0. The zero-order chi connectivity index (χ0) is 27.6. The van der Waals surface area contributed by atoms with E-state index < -0.39 is 0 Å². The predicted molar refractivity (Wildman–Crippen MR) is 150 cm³/mol. The smallest absolute Gasteiger partial charge is 0.166 e. The molecule has 40 heavy (non-hydrogen) atoms. The van der Waals surface area contributed by atoms with Crippen molar-refractivity contribution in [1.82, 2.24) is 4.90 Å². The Hall–Kier alpha value is -3.19. The molecular formula is C33H39NO6. The van der Waals surface area contributed by atoms with Gasteiger partial charge in [0.05, 0.1) is 7.11 Å². The van der Waals surface area contributed by atoms with Crippen LogP contribution in [0.2, 0.25) is 0 Å². The molecule has 2 saturated carbocycles. The molecular weight excluding hydrogens is 506 g/mol. The molecule has 0 radical (unpaired) electrons. The lowest BCUT2D eigenvalue weighted by atomic mass is 9.82. The van der Waals surface area contributed by atoms with E-state index in [9.17, 15) is 14.4 Å². The number of benzene rings is 2. The molecule has 1 aliphatic heterocycles. The Balaban J connectivity index is 1.07. The van der Waals surface area contributed by atoms with Gasteiger partial charge >= 0.3 is 0 Å². The second-order valence-electron chi connectivity index (χ2n) is 11.9. The third kappa shape index (κ3) is 5.80. The zero-order valence-electron chi connectivity index (χ0n) is 23.4. The van der Waals surface area contributed by atoms with Crippen molar-refractivity contribution in [2.75, 3.05) is 33.4 Å². The summed E-state index contributed by atoms with van der Waals surface area (Å²) in [6.45, 7) is 4.17. The molecule has 0 spiro atoms. The molecule has 4 aliphatic rings. The van der Waals surface area contributed by atoms with Gasteiger partial charge in [0.15, 0.2) is 17.3 Å². The number of Topliss-reactive ketones (excluding diaryl/α,β-unsaturated/α-hetero) is 3. The van der Waals surface area contributed by atoms with Gasteiger partial charge in [0.1, 0.15) is 30.5 Å². The van der Waals surface area contributed by atoms with Gasteiger partial charge in [0.25, 0.3) is 0 Å². The van der Waals surface area contributed by atoms with Gasteiger partial charge in [-0.15, -0.1) is 0 Å². The van der Waals surface area contributed by atoms with E-state index in [2.05, 4.69) is 4.90 Å². The average molecular weight is 546 g/mol. The molecule has 2 aromatic rings. The standard InChI is InChI=1S/C33H39NO6/c1-38-32-15-21(7-10-31(32)39-14-13-34-11-2-3-12-34)20-40-30-6-4-5-25-27(30)18-24(33(25)37)16-22-8-9-28(35)26-17-23(26)19-29(22)36/h4-7,10,15,22-24,26H,2-3,8-9,11-14,16-20H2,1H3. The fourth-order valence-electron chi connectivity index (χ4n) is 6.81. The van der Waals surface area contributed by atoms with Crippen LogP contribution in [0.15, 0.2) is 36.4 Å². The van der Waals surface area contributed by atoms with Crippen LogP contribution in [-0.2, 0) is 22.6 Å². The monoisotopic (exact) mass is 545 g/mol. The molecule has 1 heterocycles. The lowest BCUT2D eigenvalue weighted by molar-refractivity contribution is -0.126. The van der Waals surface area contributed by atoms with Gasteiger partial charge in [-0.25, -0.2) is 0 Å². The van der Waals surface area contributed by atoms with E-state index in [0.717, 1.165) is 42.9 Å². The number of carbonyl (C=O) groups excluding carboxylic acids is 3. The molecule has 7 nitrogen and oxygen atoms in total. The first-order valence-corrected chi connectivity index (χ1v) is 14.9. The summed E-state index contributed by atoms with van der Waals surface area (Å²) < 4.78 is 17.8. The SMILES string of the molecule is COc1cc(COc2cccc3c2CC(CC2CCC(=O)C4CC4CC2=O)C3=O)ccc1OCCN1CCCC1. The zero-order valence-corrected chi connectivity index (χ0v) is 23.4. The van der Waals surface area contributed by atoms with Gasteiger partial charge in [0, 0.05) is 48.3 Å². The van der Waals surface area contributed by atoms with E-state index in [1.807, 2.05) is 36.4 Å². The summed E-state index contributed by atoms with van der Waals surface area (Å²) in [7, 11) is 1.64. The van der Waals surface area contributed by atoms with Crippen LogP contribution in [0.4, 0.5) is 0 Å². The van der Waals surface area contributed by atoms with Gasteiger partial charge in [-0.1, -0.05) is 18.2 Å². The second-order valence-corrected chi connectivity index (χ2v) is 11.9. The van der Waals surface area contributed by atoms with E-state index in [4.69, 9.17) is 14.2 Å². The van der Waals surface area contributed by atoms with Gasteiger partial charge in [0.2, 0.25) is 0 Å². The van der Waals surface area contributed by atoms with Crippen LogP contribution < -0.4 is 14.2 Å². The Morgan fingerprint density at radius 2 is 1.75 bits per heavy atom. The Morgan fingerprint density at radius 3 is 2.58 bits per heavy atom. The van der Waals surface area contributed by atoms with Crippen molar-refractivity contribution < 1.29 is 28.6 Å².